The molecule has 0 bridgehead atoms. The van der Waals surface area contributed by atoms with E-state index in [0.717, 1.165) is 28.8 Å². The van der Waals surface area contributed by atoms with Gasteiger partial charge in [0.2, 0.25) is 0 Å². The Labute approximate surface area is 599 Å². The van der Waals surface area contributed by atoms with Crippen LogP contribution in [-0.2, 0) is 12.4 Å². The molecule has 0 unspecified atom stereocenters. The minimum absolute atomic E-state index is 0.0992. The molecule has 0 heterocycles. The SMILES string of the molecule is CC(C)c1cccc(Br)c1.CC(C)c1cccc(C(F)(F)F)c1.CC(C)c1ccccc1Br.CC(C)c1ccccc1C#N.CC(C)c1ccccc1C(F)(F)F.Cc1ccc(C(C)C)cc1.Cc1ccc(C(C)C)cc1.Cc1ccc(C(C)C)cc1.Cc1cccc(C(C)C)c1. The first kappa shape index (κ1) is 88.0. The molecule has 1 nitrogen and oxygen atoms in total. The van der Waals surface area contributed by atoms with Gasteiger partial charge in [-0.05, 0) is 167 Å². The van der Waals surface area contributed by atoms with Gasteiger partial charge in [-0.25, -0.2) is 0 Å². The van der Waals surface area contributed by atoms with Crippen molar-refractivity contribution < 1.29 is 26.3 Å². The molecule has 9 rings (SSSR count). The quantitative estimate of drug-likeness (QED) is 0.132. The molecule has 0 saturated carbocycles. The number of alkyl halides is 6. The van der Waals surface area contributed by atoms with Crippen molar-refractivity contribution in [1.82, 2.24) is 0 Å². The van der Waals surface area contributed by atoms with Crippen molar-refractivity contribution in [2.45, 2.75) is 218 Å². The summed E-state index contributed by atoms with van der Waals surface area (Å²) in [6, 6.07) is 72.6. The Morgan fingerprint density at radius 1 is 0.289 bits per heavy atom. The summed E-state index contributed by atoms with van der Waals surface area (Å²) in [6.07, 6.45) is -8.47. The topological polar surface area (TPSA) is 23.8 Å². The molecule has 0 radical (unpaired) electrons. The largest absolute Gasteiger partial charge is 0.416 e. The van der Waals surface area contributed by atoms with Crippen molar-refractivity contribution in [2.75, 3.05) is 0 Å². The van der Waals surface area contributed by atoms with Crippen LogP contribution in [0.5, 0.6) is 0 Å². The predicted molar refractivity (Wildman–Crippen MR) is 414 cm³/mol. The Morgan fingerprint density at radius 3 is 0.907 bits per heavy atom. The number of hydrogen-bond donors (Lipinski definition) is 0. The van der Waals surface area contributed by atoms with Gasteiger partial charge in [0, 0.05) is 8.95 Å². The van der Waals surface area contributed by atoms with Crippen LogP contribution in [0.2, 0.25) is 0 Å². The summed E-state index contributed by atoms with van der Waals surface area (Å²) >= 11 is 6.93. The lowest BCUT2D eigenvalue weighted by atomic mass is 9.97. The van der Waals surface area contributed by atoms with Crippen LogP contribution >= 0.6 is 31.9 Å². The molecule has 0 fully saturated rings. The summed E-state index contributed by atoms with van der Waals surface area (Å²) in [5.41, 5.74) is 15.7. The molecule has 0 spiro atoms. The first-order valence-electron chi connectivity index (χ1n) is 33.9. The van der Waals surface area contributed by atoms with Gasteiger partial charge in [-0.15, -0.1) is 0 Å². The fraction of sp³-hybridized carbons (Fsp3) is 0.375. The average Bonchev–Trinajstić information content (AvgIpc) is 0.853. The van der Waals surface area contributed by atoms with E-state index in [0.29, 0.717) is 47.0 Å². The van der Waals surface area contributed by atoms with Gasteiger partial charge in [-0.3, -0.25) is 0 Å². The maximum Gasteiger partial charge on any atom is 0.416 e. The molecule has 0 aromatic heterocycles. The smallest absolute Gasteiger partial charge is 0.192 e. The zero-order chi connectivity index (χ0) is 73.8. The van der Waals surface area contributed by atoms with Crippen LogP contribution in [0.1, 0.15) is 267 Å². The highest BCUT2D eigenvalue weighted by Gasteiger charge is 2.33. The summed E-state index contributed by atoms with van der Waals surface area (Å²) in [7, 11) is 0. The molecular formula is C88H111Br2F6N. The zero-order valence-electron chi connectivity index (χ0n) is 62.0. The molecule has 9 aromatic carbocycles. The second-order valence-electron chi connectivity index (χ2n) is 27.0. The lowest BCUT2D eigenvalue weighted by Crippen LogP contribution is -2.09. The highest BCUT2D eigenvalue weighted by molar-refractivity contribution is 9.10. The van der Waals surface area contributed by atoms with E-state index < -0.39 is 23.5 Å². The van der Waals surface area contributed by atoms with Crippen LogP contribution in [0.4, 0.5) is 26.3 Å². The van der Waals surface area contributed by atoms with Crippen molar-refractivity contribution in [1.29, 1.82) is 5.26 Å². The van der Waals surface area contributed by atoms with E-state index in [-0.39, 0.29) is 11.8 Å². The van der Waals surface area contributed by atoms with E-state index in [2.05, 4.69) is 296 Å². The zero-order valence-corrected chi connectivity index (χ0v) is 65.1. The average molecular weight is 1460 g/mol. The molecule has 0 aliphatic carbocycles. The van der Waals surface area contributed by atoms with Crippen LogP contribution < -0.4 is 0 Å². The fourth-order valence-electron chi connectivity index (χ4n) is 9.13. The summed E-state index contributed by atoms with van der Waals surface area (Å²) in [5, 5.41) is 8.72. The Bertz CT molecular complexity index is 3450. The number of halogens is 8. The number of nitrogens with zero attached hydrogens (tertiary/aromatic N) is 1. The van der Waals surface area contributed by atoms with E-state index in [4.69, 9.17) is 5.26 Å². The van der Waals surface area contributed by atoms with Gasteiger partial charge in [0.1, 0.15) is 0 Å². The standard InChI is InChI=1S/2C10H11F3.C10H11N.4C10H14.2C9H11Br/c1-7(2)8-4-3-5-9(6-8)10(11,12)13;1-7(2)8-5-3-4-6-9(8)10(11,12)13;1-8(2)10-6-4-3-5-9(10)7-11;3*1-8(2)10-6-4-9(3)5-7-10;1-8(2)10-6-4-5-9(3)7-10;1-7(2)8-4-3-5-9(10)6-8;1-7(2)8-5-3-4-6-9(8)10/h2*3-7H,1-2H3;3-6,8H,1-2H3;4*4-8H,1-3H3;2*3-7H,1-2H3. The third-order valence-electron chi connectivity index (χ3n) is 15.5. The Hall–Kier alpha value is -6.99. The van der Waals surface area contributed by atoms with E-state index in [9.17, 15) is 26.3 Å². The summed E-state index contributed by atoms with van der Waals surface area (Å²) in [5.74, 6) is 4.31. The lowest BCUT2D eigenvalue weighted by molar-refractivity contribution is -0.138. The van der Waals surface area contributed by atoms with Crippen molar-refractivity contribution in [2.24, 2.45) is 0 Å². The van der Waals surface area contributed by atoms with Gasteiger partial charge in [0.15, 0.2) is 0 Å². The molecule has 524 valence electrons. The Morgan fingerprint density at radius 2 is 0.619 bits per heavy atom. The molecule has 0 aliphatic rings. The van der Waals surface area contributed by atoms with Crippen molar-refractivity contribution in [3.63, 3.8) is 0 Å². The molecule has 97 heavy (non-hydrogen) atoms. The Kier molecular flexibility index (Phi) is 41.3. The maximum atomic E-state index is 12.4. The van der Waals surface area contributed by atoms with Crippen molar-refractivity contribution in [3.8, 4) is 6.07 Å². The van der Waals surface area contributed by atoms with Crippen LogP contribution in [-0.4, -0.2) is 0 Å². The minimum atomic E-state index is -4.24. The van der Waals surface area contributed by atoms with Crippen LogP contribution in [0.3, 0.4) is 0 Å². The molecule has 9 aromatic rings. The van der Waals surface area contributed by atoms with E-state index in [1.807, 2.05) is 50.2 Å². The van der Waals surface area contributed by atoms with Crippen molar-refractivity contribution >= 4 is 31.9 Å². The van der Waals surface area contributed by atoms with Gasteiger partial charge in [-0.2, -0.15) is 31.6 Å². The fourth-order valence-corrected chi connectivity index (χ4v) is 10.3. The highest BCUT2D eigenvalue weighted by atomic mass is 79.9. The molecule has 0 aliphatic heterocycles. The number of rotatable bonds is 9. The number of benzene rings is 9. The number of aryl methyl sites for hydroxylation is 4. The molecule has 0 N–H and O–H groups in total. The van der Waals surface area contributed by atoms with E-state index in [1.165, 1.54) is 88.8 Å². The van der Waals surface area contributed by atoms with Crippen LogP contribution in [0.15, 0.2) is 227 Å². The van der Waals surface area contributed by atoms with E-state index >= 15 is 0 Å². The summed E-state index contributed by atoms with van der Waals surface area (Å²) in [6.45, 7) is 46.4. The second-order valence-corrected chi connectivity index (χ2v) is 28.8. The van der Waals surface area contributed by atoms with Crippen molar-refractivity contribution in [3.05, 3.63) is 316 Å². The first-order valence-corrected chi connectivity index (χ1v) is 35.5. The van der Waals surface area contributed by atoms with Crippen LogP contribution in [0, 0.1) is 39.0 Å². The van der Waals surface area contributed by atoms with Gasteiger partial charge in [0.05, 0.1) is 22.8 Å². The molecular weight excluding hydrogens is 1340 g/mol. The third kappa shape index (κ3) is 36.4. The predicted octanol–water partition coefficient (Wildman–Crippen LogP) is 30.0. The molecule has 9 heteroatoms. The summed E-state index contributed by atoms with van der Waals surface area (Å²) in [4.78, 5) is 0. The van der Waals surface area contributed by atoms with Gasteiger partial charge < -0.3 is 0 Å². The molecule has 0 atom stereocenters. The second kappa shape index (κ2) is 45.6. The highest BCUT2D eigenvalue weighted by Crippen LogP contribution is 2.35. The maximum absolute atomic E-state index is 12.4. The first-order chi connectivity index (χ1) is 45.3. The van der Waals surface area contributed by atoms with Gasteiger partial charge in [0.25, 0.3) is 0 Å². The summed E-state index contributed by atoms with van der Waals surface area (Å²) < 4.78 is 76.3. The number of hydrogen-bond acceptors (Lipinski definition) is 1. The molecule has 0 saturated heterocycles. The molecule has 0 amide bonds. The minimum Gasteiger partial charge on any atom is -0.192 e. The third-order valence-corrected chi connectivity index (χ3v) is 16.7. The normalized spacial score (nSPS) is 10.8. The van der Waals surface area contributed by atoms with Gasteiger partial charge in [-0.1, -0.05) is 361 Å². The lowest BCUT2D eigenvalue weighted by Gasteiger charge is -2.14. The monoisotopic (exact) mass is 1450 g/mol. The Balaban J connectivity index is 0.000000547. The number of nitriles is 1. The van der Waals surface area contributed by atoms with E-state index in [1.54, 1.807) is 26.0 Å². The van der Waals surface area contributed by atoms with Crippen LogP contribution in [0.25, 0.3) is 0 Å². The van der Waals surface area contributed by atoms with Gasteiger partial charge >= 0.3 is 12.4 Å².